The first-order valence-electron chi connectivity index (χ1n) is 6.20. The predicted octanol–water partition coefficient (Wildman–Crippen LogP) is 1.84. The van der Waals surface area contributed by atoms with E-state index in [4.69, 9.17) is 4.74 Å². The van der Waals surface area contributed by atoms with Crippen molar-refractivity contribution in [2.24, 2.45) is 5.92 Å². The first-order valence-corrected chi connectivity index (χ1v) is 6.20. The van der Waals surface area contributed by atoms with Crippen LogP contribution in [0, 0.1) is 5.92 Å². The normalized spacial score (nSPS) is 21.2. The molecule has 1 aliphatic heterocycles. The topological polar surface area (TPSA) is 37.4 Å². The molecule has 2 rings (SSSR count). The highest BCUT2D eigenvalue weighted by Crippen LogP contribution is 2.16. The average Bonchev–Trinajstić information content (AvgIpc) is 2.37. The van der Waals surface area contributed by atoms with Gasteiger partial charge in [0.05, 0.1) is 13.3 Å². The van der Waals surface area contributed by atoms with Gasteiger partial charge in [0.25, 0.3) is 0 Å². The van der Waals surface area contributed by atoms with Crippen molar-refractivity contribution < 1.29 is 4.74 Å². The summed E-state index contributed by atoms with van der Waals surface area (Å²) >= 11 is 0. The minimum Gasteiger partial charge on any atom is -0.495 e. The summed E-state index contributed by atoms with van der Waals surface area (Å²) in [7, 11) is 3.85. The number of methoxy groups -OCH3 is 1. The Morgan fingerprint density at radius 2 is 2.41 bits per heavy atom. The van der Waals surface area contributed by atoms with Crippen LogP contribution < -0.4 is 10.1 Å². The zero-order chi connectivity index (χ0) is 12.1. The fraction of sp³-hybridized carbons (Fsp3) is 0.615. The lowest BCUT2D eigenvalue weighted by Crippen LogP contribution is -2.35. The second kappa shape index (κ2) is 5.87. The first-order chi connectivity index (χ1) is 8.28. The molecule has 4 nitrogen and oxygen atoms in total. The highest BCUT2D eigenvalue weighted by molar-refractivity contribution is 5.37. The number of likely N-dealkylation sites (tertiary alicyclic amines) is 1. The van der Waals surface area contributed by atoms with Crippen LogP contribution >= 0.6 is 0 Å². The van der Waals surface area contributed by atoms with Crippen LogP contribution in [0.2, 0.25) is 0 Å². The minimum atomic E-state index is 0.734. The number of pyridine rings is 1. The second-order valence-electron chi connectivity index (χ2n) is 4.73. The number of hydrogen-bond acceptors (Lipinski definition) is 4. The maximum Gasteiger partial charge on any atom is 0.137 e. The van der Waals surface area contributed by atoms with Crippen LogP contribution in [-0.2, 0) is 0 Å². The quantitative estimate of drug-likeness (QED) is 0.864. The van der Waals surface area contributed by atoms with Crippen molar-refractivity contribution in [1.82, 2.24) is 9.88 Å². The summed E-state index contributed by atoms with van der Waals surface area (Å²) < 4.78 is 5.08. The summed E-state index contributed by atoms with van der Waals surface area (Å²) in [5.74, 6) is 2.46. The Hall–Kier alpha value is -1.29. The molecule has 4 heteroatoms. The van der Waals surface area contributed by atoms with E-state index in [2.05, 4.69) is 22.2 Å². The molecular weight excluding hydrogens is 214 g/mol. The van der Waals surface area contributed by atoms with E-state index in [1.54, 1.807) is 13.3 Å². The molecule has 0 aromatic carbocycles. The zero-order valence-electron chi connectivity index (χ0n) is 10.6. The van der Waals surface area contributed by atoms with Crippen LogP contribution in [-0.4, -0.2) is 43.7 Å². The van der Waals surface area contributed by atoms with Crippen molar-refractivity contribution in [2.75, 3.05) is 39.1 Å². The van der Waals surface area contributed by atoms with Crippen LogP contribution in [0.15, 0.2) is 18.3 Å². The summed E-state index contributed by atoms with van der Waals surface area (Å²) in [6.45, 7) is 3.42. The van der Waals surface area contributed by atoms with Gasteiger partial charge in [-0.1, -0.05) is 0 Å². The molecule has 0 radical (unpaired) electrons. The Labute approximate surface area is 103 Å². The molecule has 0 saturated carbocycles. The third-order valence-corrected chi connectivity index (χ3v) is 3.27. The molecule has 1 aliphatic rings. The van der Waals surface area contributed by atoms with E-state index in [1.807, 2.05) is 12.1 Å². The molecule has 2 heterocycles. The molecule has 1 atom stereocenters. The van der Waals surface area contributed by atoms with E-state index >= 15 is 0 Å². The summed E-state index contributed by atoms with van der Waals surface area (Å²) in [5.41, 5.74) is 0. The van der Waals surface area contributed by atoms with Gasteiger partial charge >= 0.3 is 0 Å². The molecule has 0 bridgehead atoms. The molecule has 1 N–H and O–H groups in total. The summed E-state index contributed by atoms with van der Waals surface area (Å²) in [4.78, 5) is 6.70. The highest BCUT2D eigenvalue weighted by atomic mass is 16.5. The summed E-state index contributed by atoms with van der Waals surface area (Å²) in [6, 6.07) is 3.90. The summed E-state index contributed by atoms with van der Waals surface area (Å²) in [5, 5.41) is 3.39. The van der Waals surface area contributed by atoms with Gasteiger partial charge in [-0.2, -0.15) is 0 Å². The van der Waals surface area contributed by atoms with Gasteiger partial charge in [-0.15, -0.1) is 0 Å². The first kappa shape index (κ1) is 12.2. The van der Waals surface area contributed by atoms with Crippen molar-refractivity contribution in [1.29, 1.82) is 0 Å². The van der Waals surface area contributed by atoms with Crippen molar-refractivity contribution in [3.8, 4) is 5.75 Å². The second-order valence-corrected chi connectivity index (χ2v) is 4.73. The largest absolute Gasteiger partial charge is 0.495 e. The lowest BCUT2D eigenvalue weighted by atomic mass is 9.98. The predicted molar refractivity (Wildman–Crippen MR) is 69.5 cm³/mol. The number of anilines is 1. The number of aromatic nitrogens is 1. The van der Waals surface area contributed by atoms with E-state index in [0.717, 1.165) is 24.0 Å². The van der Waals surface area contributed by atoms with Gasteiger partial charge in [-0.05, 0) is 44.5 Å². The van der Waals surface area contributed by atoms with Crippen molar-refractivity contribution in [3.05, 3.63) is 18.3 Å². The third kappa shape index (κ3) is 3.60. The van der Waals surface area contributed by atoms with Crippen molar-refractivity contribution in [2.45, 2.75) is 12.8 Å². The van der Waals surface area contributed by atoms with Crippen LogP contribution in [0.25, 0.3) is 0 Å². The van der Waals surface area contributed by atoms with Gasteiger partial charge in [-0.3, -0.25) is 0 Å². The minimum absolute atomic E-state index is 0.734. The number of piperidine rings is 1. The summed E-state index contributed by atoms with van der Waals surface area (Å²) in [6.07, 6.45) is 4.36. The fourth-order valence-electron chi connectivity index (χ4n) is 2.29. The lowest BCUT2D eigenvalue weighted by molar-refractivity contribution is 0.217. The SMILES string of the molecule is COc1ccc(NCC2CCCN(C)C2)nc1. The molecule has 0 amide bonds. The van der Waals surface area contributed by atoms with Gasteiger partial charge in [0, 0.05) is 13.1 Å². The van der Waals surface area contributed by atoms with Crippen LogP contribution in [0.1, 0.15) is 12.8 Å². The maximum atomic E-state index is 5.08. The molecule has 1 fully saturated rings. The molecule has 1 aromatic rings. The highest BCUT2D eigenvalue weighted by Gasteiger charge is 2.16. The Kier molecular flexibility index (Phi) is 4.20. The van der Waals surface area contributed by atoms with E-state index in [1.165, 1.54) is 25.9 Å². The van der Waals surface area contributed by atoms with Gasteiger partial charge in [0.2, 0.25) is 0 Å². The van der Waals surface area contributed by atoms with Crippen molar-refractivity contribution >= 4 is 5.82 Å². The smallest absolute Gasteiger partial charge is 0.137 e. The fourth-order valence-corrected chi connectivity index (χ4v) is 2.29. The van der Waals surface area contributed by atoms with E-state index < -0.39 is 0 Å². The standard InChI is InChI=1S/C13H21N3O/c1-16-7-3-4-11(10-16)8-14-13-6-5-12(17-2)9-15-13/h5-6,9,11H,3-4,7-8,10H2,1-2H3,(H,14,15). The Morgan fingerprint density at radius 3 is 3.06 bits per heavy atom. The number of ether oxygens (including phenoxy) is 1. The molecule has 1 saturated heterocycles. The number of rotatable bonds is 4. The van der Waals surface area contributed by atoms with Crippen LogP contribution in [0.4, 0.5) is 5.82 Å². The Bertz CT molecular complexity index is 339. The molecule has 0 spiro atoms. The van der Waals surface area contributed by atoms with Crippen molar-refractivity contribution in [3.63, 3.8) is 0 Å². The third-order valence-electron chi connectivity index (χ3n) is 3.27. The molecular formula is C13H21N3O. The molecule has 1 aromatic heterocycles. The Morgan fingerprint density at radius 1 is 1.53 bits per heavy atom. The molecule has 17 heavy (non-hydrogen) atoms. The monoisotopic (exact) mass is 235 g/mol. The number of nitrogens with zero attached hydrogens (tertiary/aromatic N) is 2. The van der Waals surface area contributed by atoms with E-state index in [9.17, 15) is 0 Å². The molecule has 0 aliphatic carbocycles. The molecule has 94 valence electrons. The van der Waals surface area contributed by atoms with Gasteiger partial charge in [-0.25, -0.2) is 4.98 Å². The average molecular weight is 235 g/mol. The van der Waals surface area contributed by atoms with Gasteiger partial charge in [0.1, 0.15) is 11.6 Å². The van der Waals surface area contributed by atoms with Crippen LogP contribution in [0.5, 0.6) is 5.75 Å². The van der Waals surface area contributed by atoms with E-state index in [0.29, 0.717) is 0 Å². The lowest BCUT2D eigenvalue weighted by Gasteiger charge is -2.29. The molecule has 1 unspecified atom stereocenters. The van der Waals surface area contributed by atoms with Gasteiger partial charge < -0.3 is 15.0 Å². The number of nitrogens with one attached hydrogen (secondary N) is 1. The van der Waals surface area contributed by atoms with Crippen LogP contribution in [0.3, 0.4) is 0 Å². The zero-order valence-corrected chi connectivity index (χ0v) is 10.6. The Balaban J connectivity index is 1.80. The maximum absolute atomic E-state index is 5.08. The van der Waals surface area contributed by atoms with E-state index in [-0.39, 0.29) is 0 Å². The number of hydrogen-bond donors (Lipinski definition) is 1. The van der Waals surface area contributed by atoms with Gasteiger partial charge in [0.15, 0.2) is 0 Å².